The van der Waals surface area contributed by atoms with Gasteiger partial charge in [-0.25, -0.2) is 0 Å². The SMILES string of the molecule is c1ccc(-c2cc(N(c3ccccc3)c3ccccc3)c(N(c3ccccc3)c3ccccc3)cc2-c2ccccc2)cc1. The molecule has 2 heteroatoms. The van der Waals surface area contributed by atoms with E-state index in [9.17, 15) is 0 Å². The fraction of sp³-hybridized carbons (Fsp3) is 0. The molecular formula is C42H32N2. The number of para-hydroxylation sites is 4. The lowest BCUT2D eigenvalue weighted by Crippen LogP contribution is -2.17. The molecular weight excluding hydrogens is 532 g/mol. The average molecular weight is 565 g/mol. The van der Waals surface area contributed by atoms with Gasteiger partial charge in [-0.1, -0.05) is 133 Å². The molecule has 0 saturated heterocycles. The van der Waals surface area contributed by atoms with Crippen LogP contribution in [0.2, 0.25) is 0 Å². The van der Waals surface area contributed by atoms with Gasteiger partial charge < -0.3 is 9.80 Å². The van der Waals surface area contributed by atoms with E-state index in [1.807, 2.05) is 0 Å². The molecule has 7 aromatic rings. The Hall–Kier alpha value is -5.86. The maximum Gasteiger partial charge on any atom is 0.0709 e. The van der Waals surface area contributed by atoms with Crippen LogP contribution in [-0.4, -0.2) is 0 Å². The lowest BCUT2D eigenvalue weighted by Gasteiger charge is -2.34. The predicted molar refractivity (Wildman–Crippen MR) is 187 cm³/mol. The maximum absolute atomic E-state index is 2.37. The summed E-state index contributed by atoms with van der Waals surface area (Å²) in [6.07, 6.45) is 0. The lowest BCUT2D eigenvalue weighted by atomic mass is 9.92. The molecule has 0 aliphatic carbocycles. The highest BCUT2D eigenvalue weighted by Gasteiger charge is 2.25. The van der Waals surface area contributed by atoms with Gasteiger partial charge in [0, 0.05) is 22.7 Å². The topological polar surface area (TPSA) is 6.48 Å². The van der Waals surface area contributed by atoms with Gasteiger partial charge in [-0.15, -0.1) is 0 Å². The second-order valence-corrected chi connectivity index (χ2v) is 10.6. The van der Waals surface area contributed by atoms with E-state index in [0.29, 0.717) is 0 Å². The Kier molecular flexibility index (Phi) is 7.71. The summed E-state index contributed by atoms with van der Waals surface area (Å²) in [4.78, 5) is 4.74. The molecule has 0 amide bonds. The van der Waals surface area contributed by atoms with Gasteiger partial charge in [0.2, 0.25) is 0 Å². The summed E-state index contributed by atoms with van der Waals surface area (Å²) in [6.45, 7) is 0. The lowest BCUT2D eigenvalue weighted by molar-refractivity contribution is 1.23. The Morgan fingerprint density at radius 1 is 0.250 bits per heavy atom. The van der Waals surface area contributed by atoms with Gasteiger partial charge in [-0.3, -0.25) is 0 Å². The van der Waals surface area contributed by atoms with E-state index in [1.165, 1.54) is 22.3 Å². The number of anilines is 6. The monoisotopic (exact) mass is 564 g/mol. The minimum absolute atomic E-state index is 1.08. The van der Waals surface area contributed by atoms with Crippen LogP contribution >= 0.6 is 0 Å². The van der Waals surface area contributed by atoms with Crippen LogP contribution in [0.25, 0.3) is 22.3 Å². The largest absolute Gasteiger partial charge is 0.308 e. The molecule has 0 aromatic heterocycles. The van der Waals surface area contributed by atoms with E-state index in [-0.39, 0.29) is 0 Å². The van der Waals surface area contributed by atoms with E-state index >= 15 is 0 Å². The van der Waals surface area contributed by atoms with Crippen LogP contribution in [0.3, 0.4) is 0 Å². The molecule has 0 saturated carbocycles. The minimum atomic E-state index is 1.08. The smallest absolute Gasteiger partial charge is 0.0709 e. The standard InChI is InChI=1S/C42H32N2/c1-7-19-33(20-8-1)39-31-41(43(35-23-11-3-12-24-35)36-25-13-4-14-26-36)42(32-40(39)34-21-9-2-10-22-34)44(37-27-15-5-16-28-37)38-29-17-6-18-30-38/h1-32H. The number of rotatable bonds is 8. The Bertz CT molecular complexity index is 1700. The minimum Gasteiger partial charge on any atom is -0.308 e. The zero-order valence-electron chi connectivity index (χ0n) is 24.4. The Morgan fingerprint density at radius 3 is 0.727 bits per heavy atom. The first-order chi connectivity index (χ1) is 21.9. The van der Waals surface area contributed by atoms with Crippen LogP contribution in [0.4, 0.5) is 34.1 Å². The fourth-order valence-corrected chi connectivity index (χ4v) is 5.81. The highest BCUT2D eigenvalue weighted by atomic mass is 15.2. The van der Waals surface area contributed by atoms with Crippen LogP contribution in [0.15, 0.2) is 194 Å². The van der Waals surface area contributed by atoms with Crippen molar-refractivity contribution in [1.29, 1.82) is 0 Å². The van der Waals surface area contributed by atoms with Gasteiger partial charge >= 0.3 is 0 Å². The molecule has 0 aliphatic heterocycles. The summed E-state index contributed by atoms with van der Waals surface area (Å²) in [5, 5.41) is 0. The Labute approximate surface area is 259 Å². The average Bonchev–Trinajstić information content (AvgIpc) is 3.11. The molecule has 7 rings (SSSR count). The summed E-state index contributed by atoms with van der Waals surface area (Å²) < 4.78 is 0. The number of hydrogen-bond acceptors (Lipinski definition) is 2. The van der Waals surface area contributed by atoms with Gasteiger partial charge in [0.05, 0.1) is 11.4 Å². The summed E-state index contributed by atoms with van der Waals surface area (Å²) in [5.74, 6) is 0. The van der Waals surface area contributed by atoms with Crippen LogP contribution in [0.1, 0.15) is 0 Å². The summed E-state index contributed by atoms with van der Waals surface area (Å²) in [5.41, 5.74) is 11.2. The van der Waals surface area contributed by atoms with Gasteiger partial charge in [0.25, 0.3) is 0 Å². The molecule has 0 radical (unpaired) electrons. The molecule has 0 fully saturated rings. The fourth-order valence-electron chi connectivity index (χ4n) is 5.81. The zero-order valence-corrected chi connectivity index (χ0v) is 24.4. The summed E-state index contributed by atoms with van der Waals surface area (Å²) in [6, 6.07) is 68.7. The van der Waals surface area contributed by atoms with Crippen molar-refractivity contribution in [2.24, 2.45) is 0 Å². The number of hydrogen-bond donors (Lipinski definition) is 0. The van der Waals surface area contributed by atoms with Gasteiger partial charge in [0.1, 0.15) is 0 Å². The Morgan fingerprint density at radius 2 is 0.477 bits per heavy atom. The molecule has 0 aliphatic rings. The van der Waals surface area contributed by atoms with Crippen molar-refractivity contribution < 1.29 is 0 Å². The molecule has 0 bridgehead atoms. The third kappa shape index (κ3) is 5.49. The van der Waals surface area contributed by atoms with Crippen molar-refractivity contribution in [3.05, 3.63) is 194 Å². The highest BCUT2D eigenvalue weighted by molar-refractivity contribution is 5.98. The molecule has 0 unspecified atom stereocenters. The van der Waals surface area contributed by atoms with E-state index in [4.69, 9.17) is 0 Å². The van der Waals surface area contributed by atoms with E-state index in [0.717, 1.165) is 34.1 Å². The molecule has 0 spiro atoms. The van der Waals surface area contributed by atoms with E-state index < -0.39 is 0 Å². The zero-order chi connectivity index (χ0) is 29.6. The molecule has 44 heavy (non-hydrogen) atoms. The van der Waals surface area contributed by atoms with Gasteiger partial charge in [-0.05, 0) is 82.9 Å². The third-order valence-corrected chi connectivity index (χ3v) is 7.82. The van der Waals surface area contributed by atoms with Crippen LogP contribution in [-0.2, 0) is 0 Å². The molecule has 0 atom stereocenters. The summed E-state index contributed by atoms with van der Waals surface area (Å²) in [7, 11) is 0. The Balaban J connectivity index is 1.61. The third-order valence-electron chi connectivity index (χ3n) is 7.82. The second-order valence-electron chi connectivity index (χ2n) is 10.6. The van der Waals surface area contributed by atoms with Crippen LogP contribution in [0, 0.1) is 0 Å². The van der Waals surface area contributed by atoms with Crippen molar-refractivity contribution in [2.75, 3.05) is 9.80 Å². The molecule has 0 heterocycles. The molecule has 2 nitrogen and oxygen atoms in total. The highest BCUT2D eigenvalue weighted by Crippen LogP contribution is 2.49. The van der Waals surface area contributed by atoms with Crippen molar-refractivity contribution in [2.45, 2.75) is 0 Å². The van der Waals surface area contributed by atoms with E-state index in [2.05, 4.69) is 204 Å². The van der Waals surface area contributed by atoms with Crippen molar-refractivity contribution in [1.82, 2.24) is 0 Å². The number of nitrogens with zero attached hydrogens (tertiary/aromatic N) is 2. The first kappa shape index (κ1) is 27.0. The maximum atomic E-state index is 2.37. The first-order valence-electron chi connectivity index (χ1n) is 15.0. The van der Waals surface area contributed by atoms with Gasteiger partial charge in [0.15, 0.2) is 0 Å². The van der Waals surface area contributed by atoms with Crippen molar-refractivity contribution in [3.8, 4) is 22.3 Å². The molecule has 7 aromatic carbocycles. The predicted octanol–water partition coefficient (Wildman–Crippen LogP) is 12.0. The van der Waals surface area contributed by atoms with Crippen molar-refractivity contribution in [3.63, 3.8) is 0 Å². The number of benzene rings is 7. The quantitative estimate of drug-likeness (QED) is 0.181. The van der Waals surface area contributed by atoms with Crippen molar-refractivity contribution >= 4 is 34.1 Å². The van der Waals surface area contributed by atoms with Gasteiger partial charge in [-0.2, -0.15) is 0 Å². The van der Waals surface area contributed by atoms with E-state index in [1.54, 1.807) is 0 Å². The molecule has 0 N–H and O–H groups in total. The summed E-state index contributed by atoms with van der Waals surface area (Å²) >= 11 is 0. The van der Waals surface area contributed by atoms with Crippen LogP contribution < -0.4 is 9.80 Å². The normalized spacial score (nSPS) is 10.7. The molecule has 210 valence electrons. The van der Waals surface area contributed by atoms with Crippen LogP contribution in [0.5, 0.6) is 0 Å². The second kappa shape index (κ2) is 12.6. The first-order valence-corrected chi connectivity index (χ1v) is 15.0.